The van der Waals surface area contributed by atoms with Crippen LogP contribution in [0.2, 0.25) is 0 Å². The lowest BCUT2D eigenvalue weighted by Crippen LogP contribution is -2.32. The number of imidazole rings is 1. The first-order valence-electron chi connectivity index (χ1n) is 14.0. The number of nitrogens with one attached hydrogen (secondary N) is 3. The monoisotopic (exact) mass is 591 g/mol. The second kappa shape index (κ2) is 13.4. The minimum absolute atomic E-state index is 0.149. The van der Waals surface area contributed by atoms with E-state index >= 15 is 0 Å². The van der Waals surface area contributed by atoms with Gasteiger partial charge in [0.25, 0.3) is 5.91 Å². The van der Waals surface area contributed by atoms with Crippen molar-refractivity contribution in [2.75, 3.05) is 19.0 Å². The molecule has 44 heavy (non-hydrogen) atoms. The summed E-state index contributed by atoms with van der Waals surface area (Å²) >= 11 is 0. The van der Waals surface area contributed by atoms with E-state index in [1.165, 1.54) is 7.11 Å². The number of rotatable bonds is 12. The number of nitrogens with zero attached hydrogens (tertiary/aromatic N) is 2. The number of amides is 2. The van der Waals surface area contributed by atoms with Crippen LogP contribution in [0.1, 0.15) is 29.2 Å². The molecule has 0 saturated carbocycles. The number of nitrogens with two attached hydrogens (primary N) is 2. The van der Waals surface area contributed by atoms with E-state index in [1.54, 1.807) is 41.0 Å². The number of anilines is 1. The van der Waals surface area contributed by atoms with E-state index in [1.807, 2.05) is 60.7 Å². The second-order valence-electron chi connectivity index (χ2n) is 10.0. The predicted octanol–water partition coefficient (Wildman–Crippen LogP) is 5.05. The Morgan fingerprint density at radius 3 is 2.43 bits per heavy atom. The highest BCUT2D eigenvalue weighted by Gasteiger charge is 2.25. The Labute approximate surface area is 254 Å². The third-order valence-electron chi connectivity index (χ3n) is 6.99. The number of ether oxygens (including phenoxy) is 2. The third kappa shape index (κ3) is 6.79. The average Bonchev–Trinajstić information content (AvgIpc) is 3.40. The maximum absolute atomic E-state index is 13.3. The minimum Gasteiger partial charge on any atom is -0.495 e. The van der Waals surface area contributed by atoms with Crippen molar-refractivity contribution >= 4 is 34.5 Å². The van der Waals surface area contributed by atoms with Gasteiger partial charge >= 0.3 is 0 Å². The van der Waals surface area contributed by atoms with Gasteiger partial charge in [-0.3, -0.25) is 15.0 Å². The van der Waals surface area contributed by atoms with Gasteiger partial charge in [0.15, 0.2) is 5.96 Å². The first-order valence-corrected chi connectivity index (χ1v) is 14.0. The average molecular weight is 592 g/mol. The maximum atomic E-state index is 13.3. The Hall–Kier alpha value is -5.84. The van der Waals surface area contributed by atoms with Crippen LogP contribution in [0.3, 0.4) is 0 Å². The lowest BCUT2D eigenvalue weighted by atomic mass is 10.1. The molecule has 0 aliphatic carbocycles. The Morgan fingerprint density at radius 2 is 1.68 bits per heavy atom. The number of carbonyl (C=O) groups is 2. The van der Waals surface area contributed by atoms with E-state index in [0.29, 0.717) is 70.3 Å². The molecule has 7 N–H and O–H groups in total. The summed E-state index contributed by atoms with van der Waals surface area (Å²) in [6, 6.07) is 28.3. The van der Waals surface area contributed by atoms with Crippen molar-refractivity contribution in [1.82, 2.24) is 14.9 Å². The summed E-state index contributed by atoms with van der Waals surface area (Å²) < 4.78 is 13.2. The molecule has 0 fully saturated rings. The normalized spacial score (nSPS) is 11.5. The number of guanidine groups is 1. The molecule has 1 aromatic heterocycles. The molecule has 5 aromatic rings. The van der Waals surface area contributed by atoms with Gasteiger partial charge in [0.2, 0.25) is 5.91 Å². The van der Waals surface area contributed by atoms with Crippen molar-refractivity contribution in [1.29, 1.82) is 5.41 Å². The number of benzene rings is 4. The fourth-order valence-corrected chi connectivity index (χ4v) is 4.94. The smallest absolute Gasteiger partial charge is 0.255 e. The van der Waals surface area contributed by atoms with Crippen LogP contribution < -0.4 is 31.6 Å². The number of hydrogen-bond donors (Lipinski definition) is 5. The molecule has 5 rings (SSSR count). The van der Waals surface area contributed by atoms with Crippen molar-refractivity contribution in [3.05, 3.63) is 103 Å². The molecule has 4 aromatic carbocycles. The van der Waals surface area contributed by atoms with Crippen LogP contribution in [0.5, 0.6) is 17.2 Å². The van der Waals surface area contributed by atoms with Crippen LogP contribution in [0.15, 0.2) is 97.1 Å². The van der Waals surface area contributed by atoms with Crippen molar-refractivity contribution in [2.24, 2.45) is 11.5 Å². The summed E-state index contributed by atoms with van der Waals surface area (Å²) in [4.78, 5) is 31.0. The van der Waals surface area contributed by atoms with E-state index in [9.17, 15) is 9.59 Å². The van der Waals surface area contributed by atoms with Crippen LogP contribution >= 0.6 is 0 Å². The quantitative estimate of drug-likeness (QED) is 0.0768. The summed E-state index contributed by atoms with van der Waals surface area (Å²) in [5.41, 5.74) is 14.1. The Kier molecular flexibility index (Phi) is 9.05. The molecule has 1 unspecified atom stereocenters. The van der Waals surface area contributed by atoms with Gasteiger partial charge in [-0.1, -0.05) is 42.5 Å². The van der Waals surface area contributed by atoms with Gasteiger partial charge < -0.3 is 36.1 Å². The molecule has 2 amide bonds. The summed E-state index contributed by atoms with van der Waals surface area (Å²) in [6.07, 6.45) is 0.882. The van der Waals surface area contributed by atoms with Gasteiger partial charge in [0, 0.05) is 17.7 Å². The molecule has 11 heteroatoms. The number of aromatic nitrogens is 2. The second-order valence-corrected chi connectivity index (χ2v) is 10.0. The standard InChI is InChI=1S/C33H33N7O4/c1-43-29-15-6-5-13-25(29)39-32(42)22-16-17-27-26(20-22)38-31(40(27)28(30(34)41)14-8-18-37-33(35)36)21-9-7-12-24(19-21)44-23-10-3-2-4-11-23/h2-7,9-13,15-17,19-20,28H,8,14,18H2,1H3,(H2,34,41)(H,39,42)(H4,35,36,37). The zero-order valence-corrected chi connectivity index (χ0v) is 24.1. The van der Waals surface area contributed by atoms with E-state index in [4.69, 9.17) is 31.3 Å². The van der Waals surface area contributed by atoms with Crippen molar-refractivity contribution < 1.29 is 19.1 Å². The van der Waals surface area contributed by atoms with Gasteiger partial charge in [-0.15, -0.1) is 0 Å². The molecular formula is C33H33N7O4. The highest BCUT2D eigenvalue weighted by Crippen LogP contribution is 2.34. The Bertz CT molecular complexity index is 1800. The first kappa shape index (κ1) is 29.6. The fraction of sp³-hybridized carbons (Fsp3) is 0.152. The maximum Gasteiger partial charge on any atom is 0.255 e. The summed E-state index contributed by atoms with van der Waals surface area (Å²) in [7, 11) is 1.54. The van der Waals surface area contributed by atoms with Crippen LogP contribution in [-0.4, -0.2) is 41.0 Å². The molecule has 1 atom stereocenters. The third-order valence-corrected chi connectivity index (χ3v) is 6.99. The number of methoxy groups -OCH3 is 1. The molecule has 0 radical (unpaired) electrons. The molecular weight excluding hydrogens is 558 g/mol. The largest absolute Gasteiger partial charge is 0.495 e. The van der Waals surface area contributed by atoms with E-state index in [2.05, 4.69) is 10.6 Å². The number of hydrogen-bond acceptors (Lipinski definition) is 6. The Morgan fingerprint density at radius 1 is 0.932 bits per heavy atom. The minimum atomic E-state index is -0.768. The summed E-state index contributed by atoms with van der Waals surface area (Å²) in [5.74, 6) is 1.26. The van der Waals surface area contributed by atoms with Gasteiger partial charge in [0.1, 0.15) is 29.1 Å². The highest BCUT2D eigenvalue weighted by atomic mass is 16.5. The van der Waals surface area contributed by atoms with Gasteiger partial charge in [-0.05, 0) is 67.4 Å². The molecule has 11 nitrogen and oxygen atoms in total. The topological polar surface area (TPSA) is 170 Å². The first-order chi connectivity index (χ1) is 21.3. The molecule has 0 saturated heterocycles. The molecule has 224 valence electrons. The molecule has 0 bridgehead atoms. The van der Waals surface area contributed by atoms with E-state index in [0.717, 1.165) is 0 Å². The van der Waals surface area contributed by atoms with E-state index < -0.39 is 11.9 Å². The van der Waals surface area contributed by atoms with Crippen molar-refractivity contribution in [2.45, 2.75) is 18.9 Å². The predicted molar refractivity (Wildman–Crippen MR) is 170 cm³/mol. The van der Waals surface area contributed by atoms with Gasteiger partial charge in [-0.25, -0.2) is 4.98 Å². The van der Waals surface area contributed by atoms with Crippen LogP contribution in [-0.2, 0) is 4.79 Å². The molecule has 0 spiro atoms. The van der Waals surface area contributed by atoms with Crippen molar-refractivity contribution in [3.8, 4) is 28.6 Å². The van der Waals surface area contributed by atoms with Crippen LogP contribution in [0.25, 0.3) is 22.4 Å². The lowest BCUT2D eigenvalue weighted by Gasteiger charge is -2.20. The highest BCUT2D eigenvalue weighted by molar-refractivity contribution is 6.07. The molecule has 0 aliphatic rings. The zero-order chi connectivity index (χ0) is 31.1. The summed E-state index contributed by atoms with van der Waals surface area (Å²) in [6.45, 7) is 0.398. The van der Waals surface area contributed by atoms with Crippen LogP contribution in [0, 0.1) is 5.41 Å². The van der Waals surface area contributed by atoms with E-state index in [-0.39, 0.29) is 11.9 Å². The zero-order valence-electron chi connectivity index (χ0n) is 24.1. The van der Waals surface area contributed by atoms with Crippen LogP contribution in [0.4, 0.5) is 5.69 Å². The van der Waals surface area contributed by atoms with Gasteiger partial charge in [0.05, 0.1) is 23.8 Å². The van der Waals surface area contributed by atoms with Gasteiger partial charge in [-0.2, -0.15) is 0 Å². The SMILES string of the molecule is COc1ccccc1NC(=O)c1ccc2c(c1)nc(-c1cccc(Oc3ccccc3)c1)n2C(CCCNC(=N)N)C(N)=O. The fourth-order valence-electron chi connectivity index (χ4n) is 4.94. The number of para-hydroxylation sites is 3. The number of primary amides is 1. The summed E-state index contributed by atoms with van der Waals surface area (Å²) in [5, 5.41) is 13.1. The van der Waals surface area contributed by atoms with Crippen molar-refractivity contribution in [3.63, 3.8) is 0 Å². The molecule has 1 heterocycles. The Balaban J connectivity index is 1.55. The lowest BCUT2D eigenvalue weighted by molar-refractivity contribution is -0.121. The molecule has 0 aliphatic heterocycles. The number of fused-ring (bicyclic) bond motifs is 1. The number of carbonyl (C=O) groups excluding carboxylic acids is 2.